The second kappa shape index (κ2) is 6.95. The molecule has 3 heteroatoms. The van der Waals surface area contributed by atoms with Crippen LogP contribution in [0.3, 0.4) is 0 Å². The fourth-order valence-electron chi connectivity index (χ4n) is 2.33. The molecule has 0 aliphatic rings. The van der Waals surface area contributed by atoms with Crippen LogP contribution in [0.25, 0.3) is 0 Å². The van der Waals surface area contributed by atoms with Gasteiger partial charge in [-0.25, -0.2) is 0 Å². The molecule has 1 atom stereocenters. The number of nitrogens with one attached hydrogen (secondary N) is 1. The van der Waals surface area contributed by atoms with E-state index in [-0.39, 0.29) is 0 Å². The topological polar surface area (TPSA) is 20.2 Å². The minimum absolute atomic E-state index is 0.532. The Balaban J connectivity index is 2.47. The molecule has 0 fully saturated rings. The van der Waals surface area contributed by atoms with Gasteiger partial charge in [0.2, 0.25) is 0 Å². The summed E-state index contributed by atoms with van der Waals surface area (Å²) in [6.45, 7) is 15.4. The quantitative estimate of drug-likeness (QED) is 0.803. The van der Waals surface area contributed by atoms with Gasteiger partial charge >= 0.3 is 0 Å². The van der Waals surface area contributed by atoms with E-state index in [1.807, 2.05) is 0 Å². The molecule has 1 unspecified atom stereocenters. The highest BCUT2D eigenvalue weighted by molar-refractivity contribution is 5.26. The second-order valence-electron chi connectivity index (χ2n) is 5.22. The van der Waals surface area contributed by atoms with Gasteiger partial charge in [0.15, 0.2) is 0 Å². The van der Waals surface area contributed by atoms with Crippen LogP contribution in [0.5, 0.6) is 0 Å². The third kappa shape index (κ3) is 3.85. The maximum absolute atomic E-state index is 3.62. The smallest absolute Gasteiger partial charge is 0.0226 e. The zero-order valence-corrected chi connectivity index (χ0v) is 12.9. The summed E-state index contributed by atoms with van der Waals surface area (Å²) in [5.41, 5.74) is 4.12. The molecule has 0 saturated carbocycles. The van der Waals surface area contributed by atoms with Gasteiger partial charge in [0.25, 0.3) is 0 Å². The summed E-state index contributed by atoms with van der Waals surface area (Å²) >= 11 is 0. The SMILES string of the molecule is CCN(CC)CC(C)NCc1cc(C)n(C)c1C. The van der Waals surface area contributed by atoms with E-state index in [1.54, 1.807) is 0 Å². The molecule has 1 N–H and O–H groups in total. The van der Waals surface area contributed by atoms with Crippen molar-refractivity contribution in [2.45, 2.75) is 47.2 Å². The van der Waals surface area contributed by atoms with Crippen LogP contribution in [0, 0.1) is 13.8 Å². The van der Waals surface area contributed by atoms with E-state index in [2.05, 4.69) is 62.5 Å². The monoisotopic (exact) mass is 251 g/mol. The van der Waals surface area contributed by atoms with Gasteiger partial charge in [-0.05, 0) is 45.5 Å². The first kappa shape index (κ1) is 15.3. The number of nitrogens with zero attached hydrogens (tertiary/aromatic N) is 2. The van der Waals surface area contributed by atoms with Crippen molar-refractivity contribution in [3.05, 3.63) is 23.0 Å². The van der Waals surface area contributed by atoms with Crippen molar-refractivity contribution in [3.8, 4) is 0 Å². The lowest BCUT2D eigenvalue weighted by Crippen LogP contribution is -2.38. The van der Waals surface area contributed by atoms with Crippen LogP contribution in [-0.2, 0) is 13.6 Å². The van der Waals surface area contributed by atoms with Gasteiger partial charge in [-0.15, -0.1) is 0 Å². The Bertz CT molecular complexity index is 364. The van der Waals surface area contributed by atoms with Crippen LogP contribution < -0.4 is 5.32 Å². The van der Waals surface area contributed by atoms with Crippen LogP contribution in [0.15, 0.2) is 6.07 Å². The largest absolute Gasteiger partial charge is 0.352 e. The molecule has 18 heavy (non-hydrogen) atoms. The van der Waals surface area contributed by atoms with Crippen molar-refractivity contribution in [1.29, 1.82) is 0 Å². The third-order valence-electron chi connectivity index (χ3n) is 3.95. The van der Waals surface area contributed by atoms with Gasteiger partial charge < -0.3 is 14.8 Å². The van der Waals surface area contributed by atoms with Crippen molar-refractivity contribution < 1.29 is 0 Å². The predicted molar refractivity (Wildman–Crippen MR) is 79.0 cm³/mol. The summed E-state index contributed by atoms with van der Waals surface area (Å²) in [4.78, 5) is 2.46. The van der Waals surface area contributed by atoms with Crippen molar-refractivity contribution in [2.24, 2.45) is 7.05 Å². The van der Waals surface area contributed by atoms with E-state index < -0.39 is 0 Å². The fraction of sp³-hybridized carbons (Fsp3) is 0.733. The standard InChI is InChI=1S/C15H29N3/c1-7-18(8-2)11-12(3)16-10-15-9-13(4)17(6)14(15)5/h9,12,16H,7-8,10-11H2,1-6H3. The molecule has 1 heterocycles. The van der Waals surface area contributed by atoms with Crippen LogP contribution in [-0.4, -0.2) is 35.1 Å². The Morgan fingerprint density at radius 2 is 1.89 bits per heavy atom. The van der Waals surface area contributed by atoms with E-state index in [0.29, 0.717) is 6.04 Å². The normalized spacial score (nSPS) is 13.3. The predicted octanol–water partition coefficient (Wildman–Crippen LogP) is 2.46. The molecule has 0 aliphatic heterocycles. The Kier molecular flexibility index (Phi) is 5.89. The molecular weight excluding hydrogens is 222 g/mol. The molecular formula is C15H29N3. The van der Waals surface area contributed by atoms with Crippen molar-refractivity contribution in [1.82, 2.24) is 14.8 Å². The van der Waals surface area contributed by atoms with Gasteiger partial charge in [0.05, 0.1) is 0 Å². The molecule has 1 rings (SSSR count). The van der Waals surface area contributed by atoms with Crippen LogP contribution in [0.1, 0.15) is 37.7 Å². The van der Waals surface area contributed by atoms with Crippen LogP contribution >= 0.6 is 0 Å². The number of aryl methyl sites for hydroxylation is 1. The van der Waals surface area contributed by atoms with Crippen LogP contribution in [0.4, 0.5) is 0 Å². The fourth-order valence-corrected chi connectivity index (χ4v) is 2.33. The van der Waals surface area contributed by atoms with Gasteiger partial charge in [-0.2, -0.15) is 0 Å². The number of rotatable bonds is 7. The molecule has 0 aromatic carbocycles. The average Bonchev–Trinajstić information content (AvgIpc) is 2.61. The summed E-state index contributed by atoms with van der Waals surface area (Å²) < 4.78 is 2.26. The first-order valence-corrected chi connectivity index (χ1v) is 7.07. The molecule has 1 aromatic heterocycles. The number of aromatic nitrogens is 1. The van der Waals surface area contributed by atoms with Gasteiger partial charge in [0.1, 0.15) is 0 Å². The Labute approximate surface area is 112 Å². The molecule has 1 aromatic rings. The van der Waals surface area contributed by atoms with Crippen molar-refractivity contribution >= 4 is 0 Å². The highest BCUT2D eigenvalue weighted by Crippen LogP contribution is 2.12. The second-order valence-corrected chi connectivity index (χ2v) is 5.22. The summed E-state index contributed by atoms with van der Waals surface area (Å²) in [5.74, 6) is 0. The summed E-state index contributed by atoms with van der Waals surface area (Å²) in [7, 11) is 2.13. The highest BCUT2D eigenvalue weighted by Gasteiger charge is 2.09. The summed E-state index contributed by atoms with van der Waals surface area (Å²) in [6, 6.07) is 2.82. The zero-order valence-electron chi connectivity index (χ0n) is 12.9. The highest BCUT2D eigenvalue weighted by atomic mass is 15.1. The lowest BCUT2D eigenvalue weighted by molar-refractivity contribution is 0.270. The summed E-state index contributed by atoms with van der Waals surface area (Å²) in [5, 5.41) is 3.62. The molecule has 3 nitrogen and oxygen atoms in total. The first-order chi connectivity index (χ1) is 8.49. The van der Waals surface area contributed by atoms with Gasteiger partial charge in [-0.1, -0.05) is 13.8 Å². The van der Waals surface area contributed by atoms with E-state index in [0.717, 1.165) is 26.2 Å². The number of hydrogen-bond donors (Lipinski definition) is 1. The molecule has 0 amide bonds. The van der Waals surface area contributed by atoms with E-state index in [9.17, 15) is 0 Å². The number of hydrogen-bond acceptors (Lipinski definition) is 2. The minimum Gasteiger partial charge on any atom is -0.352 e. The lowest BCUT2D eigenvalue weighted by atomic mass is 10.2. The first-order valence-electron chi connectivity index (χ1n) is 7.07. The van der Waals surface area contributed by atoms with E-state index in [1.165, 1.54) is 17.0 Å². The van der Waals surface area contributed by atoms with Gasteiger partial charge in [0, 0.05) is 37.6 Å². The van der Waals surface area contributed by atoms with E-state index in [4.69, 9.17) is 0 Å². The van der Waals surface area contributed by atoms with Crippen molar-refractivity contribution in [3.63, 3.8) is 0 Å². The number of likely N-dealkylation sites (N-methyl/N-ethyl adjacent to an activating group) is 1. The molecule has 0 bridgehead atoms. The molecule has 0 radical (unpaired) electrons. The molecule has 0 aliphatic carbocycles. The lowest BCUT2D eigenvalue weighted by Gasteiger charge is -2.23. The van der Waals surface area contributed by atoms with Gasteiger partial charge in [-0.3, -0.25) is 0 Å². The average molecular weight is 251 g/mol. The van der Waals surface area contributed by atoms with Crippen LogP contribution in [0.2, 0.25) is 0 Å². The minimum atomic E-state index is 0.532. The maximum atomic E-state index is 3.62. The Morgan fingerprint density at radius 1 is 1.28 bits per heavy atom. The molecule has 104 valence electrons. The van der Waals surface area contributed by atoms with E-state index >= 15 is 0 Å². The van der Waals surface area contributed by atoms with Crippen molar-refractivity contribution in [2.75, 3.05) is 19.6 Å². The Hall–Kier alpha value is -0.800. The molecule has 0 saturated heterocycles. The molecule has 0 spiro atoms. The third-order valence-corrected chi connectivity index (χ3v) is 3.95. The Morgan fingerprint density at radius 3 is 2.33 bits per heavy atom. The summed E-state index contributed by atoms with van der Waals surface area (Å²) in [6.07, 6.45) is 0. The zero-order chi connectivity index (χ0) is 13.7. The maximum Gasteiger partial charge on any atom is 0.0226 e.